The van der Waals surface area contributed by atoms with E-state index in [0.29, 0.717) is 6.42 Å². The van der Waals surface area contributed by atoms with Crippen LogP contribution in [0.4, 0.5) is 0 Å². The first-order valence-electron chi connectivity index (χ1n) is 9.91. The van der Waals surface area contributed by atoms with Gasteiger partial charge >= 0.3 is 0 Å². The number of amides is 1. The Kier molecular flexibility index (Phi) is 5.24. The van der Waals surface area contributed by atoms with Crippen LogP contribution in [0, 0.1) is 6.92 Å². The molecule has 1 aliphatic rings. The lowest BCUT2D eigenvalue weighted by molar-refractivity contribution is -0.134. The first kappa shape index (κ1) is 18.4. The molecule has 1 aromatic carbocycles. The van der Waals surface area contributed by atoms with Gasteiger partial charge in [0.05, 0.1) is 18.2 Å². The summed E-state index contributed by atoms with van der Waals surface area (Å²) in [5.41, 5.74) is 5.43. The number of nitrogens with zero attached hydrogens (tertiary/aromatic N) is 4. The van der Waals surface area contributed by atoms with Crippen LogP contribution in [-0.4, -0.2) is 32.1 Å². The molecule has 0 bridgehead atoms. The molecule has 5 nitrogen and oxygen atoms in total. The predicted octanol–water partition coefficient (Wildman–Crippen LogP) is 4.09. The maximum Gasteiger partial charge on any atom is 0.227 e. The van der Waals surface area contributed by atoms with Crippen molar-refractivity contribution in [2.45, 2.75) is 38.6 Å². The molecule has 0 N–H and O–H groups in total. The number of benzene rings is 1. The second-order valence-electron chi connectivity index (χ2n) is 7.60. The minimum atomic E-state index is 0.0235. The zero-order valence-electron chi connectivity index (χ0n) is 16.5. The average molecular weight is 374 g/mol. The van der Waals surface area contributed by atoms with E-state index in [0.717, 1.165) is 48.2 Å². The summed E-state index contributed by atoms with van der Waals surface area (Å²) in [7, 11) is 1.94. The molecule has 0 saturated carbocycles. The number of aromatic nitrogens is 3. The van der Waals surface area contributed by atoms with Gasteiger partial charge in [0, 0.05) is 37.7 Å². The highest BCUT2D eigenvalue weighted by atomic mass is 16.2. The summed E-state index contributed by atoms with van der Waals surface area (Å²) in [6.07, 6.45) is 9.20. The van der Waals surface area contributed by atoms with E-state index in [1.54, 1.807) is 12.4 Å². The lowest BCUT2D eigenvalue weighted by Crippen LogP contribution is -2.39. The van der Waals surface area contributed by atoms with Crippen LogP contribution in [0.15, 0.2) is 55.0 Å². The summed E-state index contributed by atoms with van der Waals surface area (Å²) in [6, 6.07) is 12.2. The molecule has 1 amide bonds. The van der Waals surface area contributed by atoms with Gasteiger partial charge in [0.15, 0.2) is 0 Å². The smallest absolute Gasteiger partial charge is 0.227 e. The van der Waals surface area contributed by atoms with E-state index >= 15 is 0 Å². The van der Waals surface area contributed by atoms with Crippen molar-refractivity contribution in [3.05, 3.63) is 71.8 Å². The van der Waals surface area contributed by atoms with Gasteiger partial charge in [-0.3, -0.25) is 14.5 Å². The molecule has 4 rings (SSSR count). The Hall–Kier alpha value is -2.95. The molecule has 3 aromatic rings. The van der Waals surface area contributed by atoms with Gasteiger partial charge in [-0.05, 0) is 49.4 Å². The molecule has 1 atom stereocenters. The number of rotatable bonds is 4. The van der Waals surface area contributed by atoms with Crippen molar-refractivity contribution in [3.8, 4) is 11.1 Å². The normalized spacial score (nSPS) is 16.9. The Morgan fingerprint density at radius 2 is 2.00 bits per heavy atom. The summed E-state index contributed by atoms with van der Waals surface area (Å²) in [6.45, 7) is 2.86. The number of carbonyl (C=O) groups excluding carboxylic acids is 1. The van der Waals surface area contributed by atoms with Crippen LogP contribution in [0.5, 0.6) is 0 Å². The highest BCUT2D eigenvalue weighted by Gasteiger charge is 2.31. The molecule has 0 radical (unpaired) electrons. The molecule has 1 fully saturated rings. The Labute approximate surface area is 166 Å². The quantitative estimate of drug-likeness (QED) is 0.691. The Balaban J connectivity index is 1.64. The third-order valence-electron chi connectivity index (χ3n) is 5.43. The third-order valence-corrected chi connectivity index (χ3v) is 5.43. The van der Waals surface area contributed by atoms with Crippen molar-refractivity contribution < 1.29 is 4.79 Å². The van der Waals surface area contributed by atoms with E-state index in [-0.39, 0.29) is 11.9 Å². The third kappa shape index (κ3) is 3.84. The number of hydrogen-bond acceptors (Lipinski definition) is 3. The Morgan fingerprint density at radius 1 is 1.18 bits per heavy atom. The number of likely N-dealkylation sites (tertiary alicyclic amines) is 1. The van der Waals surface area contributed by atoms with Crippen molar-refractivity contribution >= 4 is 5.91 Å². The van der Waals surface area contributed by atoms with Crippen LogP contribution in [0.3, 0.4) is 0 Å². The van der Waals surface area contributed by atoms with Crippen LogP contribution in [0.25, 0.3) is 11.1 Å². The van der Waals surface area contributed by atoms with Gasteiger partial charge in [0.1, 0.15) is 0 Å². The largest absolute Gasteiger partial charge is 0.334 e. The first-order valence-corrected chi connectivity index (χ1v) is 9.91. The standard InChI is InChI=1S/C23H26N4O/c1-17-6-5-7-18(14-17)15-22(28)27-13-4-3-8-21(27)23-20(16-26(2)25-23)19-9-11-24-12-10-19/h5-7,9-12,14,16,21H,3-4,8,13,15H2,1-2H3/t21-/m1/s1. The van der Waals surface area contributed by atoms with Crippen LogP contribution in [0.2, 0.25) is 0 Å². The summed E-state index contributed by atoms with van der Waals surface area (Å²) in [4.78, 5) is 19.4. The number of hydrogen-bond donors (Lipinski definition) is 0. The van der Waals surface area contributed by atoms with Gasteiger partial charge in [-0.1, -0.05) is 29.8 Å². The Bertz CT molecular complexity index is 964. The van der Waals surface area contributed by atoms with Gasteiger partial charge in [-0.2, -0.15) is 5.10 Å². The van der Waals surface area contributed by atoms with E-state index in [2.05, 4.69) is 24.0 Å². The molecule has 1 saturated heterocycles. The van der Waals surface area contributed by atoms with Crippen LogP contribution < -0.4 is 0 Å². The van der Waals surface area contributed by atoms with Crippen LogP contribution >= 0.6 is 0 Å². The highest BCUT2D eigenvalue weighted by molar-refractivity contribution is 5.80. The fourth-order valence-corrected chi connectivity index (χ4v) is 4.12. The molecule has 0 unspecified atom stereocenters. The van der Waals surface area contributed by atoms with Crippen LogP contribution in [-0.2, 0) is 18.3 Å². The molecule has 2 aromatic heterocycles. The second kappa shape index (κ2) is 7.97. The molecule has 3 heterocycles. The maximum absolute atomic E-state index is 13.2. The second-order valence-corrected chi connectivity index (χ2v) is 7.60. The molecule has 144 valence electrons. The molecule has 5 heteroatoms. The molecule has 28 heavy (non-hydrogen) atoms. The lowest BCUT2D eigenvalue weighted by atomic mass is 9.94. The molecular formula is C23H26N4O. The minimum Gasteiger partial charge on any atom is -0.334 e. The Morgan fingerprint density at radius 3 is 2.79 bits per heavy atom. The first-order chi connectivity index (χ1) is 13.6. The number of pyridine rings is 1. The van der Waals surface area contributed by atoms with Crippen LogP contribution in [0.1, 0.15) is 42.1 Å². The zero-order chi connectivity index (χ0) is 19.5. The van der Waals surface area contributed by atoms with E-state index in [9.17, 15) is 4.79 Å². The summed E-state index contributed by atoms with van der Waals surface area (Å²) < 4.78 is 1.85. The number of carbonyl (C=O) groups is 1. The van der Waals surface area contributed by atoms with Gasteiger partial charge in [-0.15, -0.1) is 0 Å². The molecule has 0 spiro atoms. The van der Waals surface area contributed by atoms with Gasteiger partial charge in [0.2, 0.25) is 5.91 Å². The minimum absolute atomic E-state index is 0.0235. The van der Waals surface area contributed by atoms with Gasteiger partial charge in [-0.25, -0.2) is 0 Å². The molecule has 1 aliphatic heterocycles. The fraction of sp³-hybridized carbons (Fsp3) is 0.348. The summed E-state index contributed by atoms with van der Waals surface area (Å²) in [5.74, 6) is 0.182. The molecule has 0 aliphatic carbocycles. The average Bonchev–Trinajstić information content (AvgIpc) is 3.10. The van der Waals surface area contributed by atoms with Crippen molar-refractivity contribution in [2.75, 3.05) is 6.54 Å². The van der Waals surface area contributed by atoms with E-state index in [1.165, 1.54) is 5.56 Å². The lowest BCUT2D eigenvalue weighted by Gasteiger charge is -2.35. The predicted molar refractivity (Wildman–Crippen MR) is 110 cm³/mol. The van der Waals surface area contributed by atoms with Crippen molar-refractivity contribution in [2.24, 2.45) is 7.05 Å². The fourth-order valence-electron chi connectivity index (χ4n) is 4.12. The maximum atomic E-state index is 13.2. The zero-order valence-corrected chi connectivity index (χ0v) is 16.5. The monoisotopic (exact) mass is 374 g/mol. The van der Waals surface area contributed by atoms with E-state index in [4.69, 9.17) is 5.10 Å². The van der Waals surface area contributed by atoms with Gasteiger partial charge in [0.25, 0.3) is 0 Å². The highest BCUT2D eigenvalue weighted by Crippen LogP contribution is 2.36. The topological polar surface area (TPSA) is 51.0 Å². The van der Waals surface area contributed by atoms with E-state index in [1.807, 2.05) is 47.1 Å². The number of piperidine rings is 1. The van der Waals surface area contributed by atoms with Gasteiger partial charge < -0.3 is 4.90 Å². The van der Waals surface area contributed by atoms with Crippen molar-refractivity contribution in [3.63, 3.8) is 0 Å². The van der Waals surface area contributed by atoms with Crippen molar-refractivity contribution in [1.29, 1.82) is 0 Å². The molecular weight excluding hydrogens is 348 g/mol. The summed E-state index contributed by atoms with van der Waals surface area (Å²) >= 11 is 0. The summed E-state index contributed by atoms with van der Waals surface area (Å²) in [5, 5.41) is 4.77. The van der Waals surface area contributed by atoms with Crippen molar-refractivity contribution in [1.82, 2.24) is 19.7 Å². The van der Waals surface area contributed by atoms with E-state index < -0.39 is 0 Å². The SMILES string of the molecule is Cc1cccc(CC(=O)N2CCCC[C@@H]2c2nn(C)cc2-c2ccncc2)c1. The number of aryl methyl sites for hydroxylation is 2.